The van der Waals surface area contributed by atoms with Crippen LogP contribution in [0.3, 0.4) is 0 Å². The van der Waals surface area contributed by atoms with E-state index in [9.17, 15) is 0 Å². The number of hydrogen-bond acceptors (Lipinski definition) is 3. The fourth-order valence-corrected chi connectivity index (χ4v) is 1.82. The minimum absolute atomic E-state index is 0.297. The van der Waals surface area contributed by atoms with Gasteiger partial charge in [0.1, 0.15) is 5.84 Å². The van der Waals surface area contributed by atoms with Crippen molar-refractivity contribution in [2.24, 2.45) is 10.9 Å². The quantitative estimate of drug-likeness (QED) is 0.244. The molecule has 100 valence electrons. The van der Waals surface area contributed by atoms with E-state index in [-0.39, 0.29) is 0 Å². The van der Waals surface area contributed by atoms with Crippen LogP contribution in [0.15, 0.2) is 35.5 Å². The minimum atomic E-state index is 0.297. The molecule has 18 heavy (non-hydrogen) atoms. The summed E-state index contributed by atoms with van der Waals surface area (Å²) in [7, 11) is 2.06. The first kappa shape index (κ1) is 14.5. The molecule has 0 radical (unpaired) electrons. The Labute approximate surface area is 109 Å². The Hall–Kier alpha value is -1.55. The van der Waals surface area contributed by atoms with Gasteiger partial charge in [-0.15, -0.1) is 0 Å². The van der Waals surface area contributed by atoms with Crippen LogP contribution in [0.2, 0.25) is 0 Å². The number of hydrogen-bond donors (Lipinski definition) is 2. The molecule has 0 aliphatic carbocycles. The van der Waals surface area contributed by atoms with E-state index in [1.54, 1.807) is 0 Å². The van der Waals surface area contributed by atoms with Gasteiger partial charge in [0.2, 0.25) is 0 Å². The van der Waals surface area contributed by atoms with E-state index in [1.807, 2.05) is 6.07 Å². The Balaban J connectivity index is 2.07. The summed E-state index contributed by atoms with van der Waals surface area (Å²) in [5.41, 5.74) is 6.83. The molecule has 0 aromatic heterocycles. The van der Waals surface area contributed by atoms with Crippen molar-refractivity contribution in [3.63, 3.8) is 0 Å². The summed E-state index contributed by atoms with van der Waals surface area (Å²) >= 11 is 0. The van der Waals surface area contributed by atoms with Gasteiger partial charge in [-0.3, -0.25) is 0 Å². The zero-order valence-corrected chi connectivity index (χ0v) is 11.0. The van der Waals surface area contributed by atoms with E-state index >= 15 is 0 Å². The lowest BCUT2D eigenvalue weighted by Gasteiger charge is -2.15. The number of nitrogens with zero attached hydrogens (tertiary/aromatic N) is 2. The highest BCUT2D eigenvalue weighted by molar-refractivity contribution is 5.79. The summed E-state index contributed by atoms with van der Waals surface area (Å²) < 4.78 is 0. The van der Waals surface area contributed by atoms with E-state index in [0.29, 0.717) is 12.3 Å². The van der Waals surface area contributed by atoms with Crippen LogP contribution in [-0.4, -0.2) is 36.1 Å². The number of benzene rings is 1. The van der Waals surface area contributed by atoms with Crippen molar-refractivity contribution in [3.05, 3.63) is 35.9 Å². The molecule has 1 aromatic rings. The van der Waals surface area contributed by atoms with Gasteiger partial charge in [0.05, 0.1) is 0 Å². The molecule has 0 atom stereocenters. The molecule has 0 spiro atoms. The smallest absolute Gasteiger partial charge is 0.140 e. The lowest BCUT2D eigenvalue weighted by molar-refractivity contribution is 0.309. The summed E-state index contributed by atoms with van der Waals surface area (Å²) in [5, 5.41) is 11.4. The maximum Gasteiger partial charge on any atom is 0.140 e. The van der Waals surface area contributed by atoms with Gasteiger partial charge in [0.15, 0.2) is 0 Å². The van der Waals surface area contributed by atoms with Gasteiger partial charge >= 0.3 is 0 Å². The van der Waals surface area contributed by atoms with Gasteiger partial charge in [0.25, 0.3) is 0 Å². The molecule has 0 saturated carbocycles. The molecule has 4 nitrogen and oxygen atoms in total. The van der Waals surface area contributed by atoms with Crippen LogP contribution in [-0.2, 0) is 6.42 Å². The highest BCUT2D eigenvalue weighted by Crippen LogP contribution is 2.05. The topological polar surface area (TPSA) is 61.8 Å². The lowest BCUT2D eigenvalue weighted by Crippen LogP contribution is -2.25. The third-order valence-electron chi connectivity index (χ3n) is 2.98. The van der Waals surface area contributed by atoms with E-state index < -0.39 is 0 Å². The van der Waals surface area contributed by atoms with Crippen LogP contribution < -0.4 is 5.73 Å². The Bertz CT molecular complexity index is 351. The van der Waals surface area contributed by atoms with Gasteiger partial charge in [0, 0.05) is 13.0 Å². The van der Waals surface area contributed by atoms with Crippen LogP contribution in [0.1, 0.15) is 24.8 Å². The van der Waals surface area contributed by atoms with Crippen molar-refractivity contribution in [1.82, 2.24) is 4.90 Å². The van der Waals surface area contributed by atoms with E-state index in [0.717, 1.165) is 19.5 Å². The first-order chi connectivity index (χ1) is 8.72. The minimum Gasteiger partial charge on any atom is -0.409 e. The molecule has 0 saturated heterocycles. The molecular formula is C14H23N3O. The van der Waals surface area contributed by atoms with Crippen molar-refractivity contribution >= 4 is 5.84 Å². The molecule has 3 N–H and O–H groups in total. The molecule has 1 aromatic carbocycles. The highest BCUT2D eigenvalue weighted by Gasteiger charge is 2.00. The van der Waals surface area contributed by atoms with Crippen LogP contribution in [0.5, 0.6) is 0 Å². The average Bonchev–Trinajstić information content (AvgIpc) is 2.42. The number of amidine groups is 1. The maximum absolute atomic E-state index is 8.43. The predicted octanol–water partition coefficient (Wildman–Crippen LogP) is 2.08. The van der Waals surface area contributed by atoms with Gasteiger partial charge in [-0.05, 0) is 38.4 Å². The molecule has 0 amide bonds. The normalized spacial score (nSPS) is 12.0. The number of rotatable bonds is 8. The first-order valence-corrected chi connectivity index (χ1v) is 6.41. The van der Waals surface area contributed by atoms with Crippen LogP contribution in [0.4, 0.5) is 0 Å². The zero-order valence-electron chi connectivity index (χ0n) is 11.0. The Kier molecular flexibility index (Phi) is 6.87. The molecule has 1 rings (SSSR count). The second-order valence-electron chi connectivity index (χ2n) is 4.59. The maximum atomic E-state index is 8.43. The molecule has 0 unspecified atom stereocenters. The highest BCUT2D eigenvalue weighted by atomic mass is 16.4. The number of unbranched alkanes of at least 4 members (excludes halogenated alkanes) is 1. The summed E-state index contributed by atoms with van der Waals surface area (Å²) in [6, 6.07) is 10.5. The van der Waals surface area contributed by atoms with E-state index in [1.165, 1.54) is 18.4 Å². The molecule has 0 heterocycles. The largest absolute Gasteiger partial charge is 0.409 e. The van der Waals surface area contributed by atoms with Crippen molar-refractivity contribution < 1.29 is 5.21 Å². The molecule has 0 aliphatic rings. The standard InChI is InChI=1S/C14H23N3O/c1-17(12-10-14(15)16-18)11-6-5-9-13-7-3-2-4-8-13/h2-4,7-8,18H,5-6,9-12H2,1H3,(H2,15,16). The second kappa shape index (κ2) is 8.53. The number of aryl methyl sites for hydroxylation is 1. The fourth-order valence-electron chi connectivity index (χ4n) is 1.82. The van der Waals surface area contributed by atoms with Crippen LogP contribution in [0, 0.1) is 0 Å². The lowest BCUT2D eigenvalue weighted by atomic mass is 10.1. The number of nitrogens with two attached hydrogens (primary N) is 1. The van der Waals surface area contributed by atoms with Gasteiger partial charge in [-0.25, -0.2) is 0 Å². The predicted molar refractivity (Wildman–Crippen MR) is 74.9 cm³/mol. The summed E-state index contributed by atoms with van der Waals surface area (Å²) in [6.07, 6.45) is 4.11. The van der Waals surface area contributed by atoms with Crippen LogP contribution >= 0.6 is 0 Å². The summed E-state index contributed by atoms with van der Waals surface area (Å²) in [5.74, 6) is 0.297. The van der Waals surface area contributed by atoms with Gasteiger partial charge < -0.3 is 15.8 Å². The number of oxime groups is 1. The second-order valence-corrected chi connectivity index (χ2v) is 4.59. The van der Waals surface area contributed by atoms with Gasteiger partial charge in [-0.2, -0.15) is 0 Å². The van der Waals surface area contributed by atoms with E-state index in [2.05, 4.69) is 41.4 Å². The fraction of sp³-hybridized carbons (Fsp3) is 0.500. The Morgan fingerprint density at radius 1 is 1.22 bits per heavy atom. The van der Waals surface area contributed by atoms with Gasteiger partial charge in [-0.1, -0.05) is 35.5 Å². The monoisotopic (exact) mass is 249 g/mol. The molecule has 0 fully saturated rings. The Morgan fingerprint density at radius 2 is 1.94 bits per heavy atom. The Morgan fingerprint density at radius 3 is 2.61 bits per heavy atom. The van der Waals surface area contributed by atoms with E-state index in [4.69, 9.17) is 10.9 Å². The van der Waals surface area contributed by atoms with Crippen molar-refractivity contribution in [2.45, 2.75) is 25.7 Å². The molecule has 0 aliphatic heterocycles. The first-order valence-electron chi connectivity index (χ1n) is 6.41. The zero-order chi connectivity index (χ0) is 13.2. The molecule has 0 bridgehead atoms. The molecule has 4 heteroatoms. The third-order valence-corrected chi connectivity index (χ3v) is 2.98. The van der Waals surface area contributed by atoms with Crippen molar-refractivity contribution in [3.8, 4) is 0 Å². The molecular weight excluding hydrogens is 226 g/mol. The third kappa shape index (κ3) is 6.25. The summed E-state index contributed by atoms with van der Waals surface area (Å²) in [6.45, 7) is 1.88. The van der Waals surface area contributed by atoms with Crippen molar-refractivity contribution in [1.29, 1.82) is 0 Å². The average molecular weight is 249 g/mol. The van der Waals surface area contributed by atoms with Crippen LogP contribution in [0.25, 0.3) is 0 Å². The summed E-state index contributed by atoms with van der Waals surface area (Å²) in [4.78, 5) is 2.21. The van der Waals surface area contributed by atoms with Crippen molar-refractivity contribution in [2.75, 3.05) is 20.1 Å². The SMILES string of the molecule is CN(CCCCc1ccccc1)CC/C(N)=N/O.